The fourth-order valence-electron chi connectivity index (χ4n) is 3.54. The summed E-state index contributed by atoms with van der Waals surface area (Å²) in [6.45, 7) is 3.45. The molecule has 2 heterocycles. The van der Waals surface area contributed by atoms with Crippen molar-refractivity contribution < 1.29 is 9.90 Å². The maximum atomic E-state index is 11.7. The first-order valence-corrected chi connectivity index (χ1v) is 7.47. The molecule has 5 nitrogen and oxygen atoms in total. The third-order valence-electron chi connectivity index (χ3n) is 4.86. The van der Waals surface area contributed by atoms with Gasteiger partial charge >= 0.3 is 5.97 Å². The summed E-state index contributed by atoms with van der Waals surface area (Å²) < 4.78 is 0. The van der Waals surface area contributed by atoms with Crippen LogP contribution >= 0.6 is 0 Å². The maximum Gasteiger partial charge on any atom is 0.311 e. The molecule has 1 aromatic heterocycles. The van der Waals surface area contributed by atoms with E-state index in [2.05, 4.69) is 14.9 Å². The Hall–Kier alpha value is -1.65. The highest BCUT2D eigenvalue weighted by Gasteiger charge is 2.41. The Balaban J connectivity index is 1.91. The molecule has 1 fully saturated rings. The number of aromatic nitrogens is 2. The van der Waals surface area contributed by atoms with Crippen molar-refractivity contribution in [2.75, 3.05) is 18.0 Å². The Morgan fingerprint density at radius 1 is 1.40 bits per heavy atom. The Labute approximate surface area is 119 Å². The molecule has 20 heavy (non-hydrogen) atoms. The number of piperidine rings is 1. The van der Waals surface area contributed by atoms with Crippen LogP contribution in [-0.2, 0) is 17.6 Å². The minimum Gasteiger partial charge on any atom is -0.481 e. The Kier molecular flexibility index (Phi) is 3.36. The number of rotatable bonds is 3. The molecule has 5 heteroatoms. The number of aryl methyl sites for hydroxylation is 1. The number of carboxylic acids is 1. The largest absolute Gasteiger partial charge is 0.481 e. The number of hydrogen-bond donors (Lipinski definition) is 1. The molecule has 0 amide bonds. The van der Waals surface area contributed by atoms with Crippen molar-refractivity contribution in [3.63, 3.8) is 0 Å². The lowest BCUT2D eigenvalue weighted by atomic mass is 9.77. The number of carboxylic acid groups (broad SMARTS) is 1. The summed E-state index contributed by atoms with van der Waals surface area (Å²) in [5.74, 6) is 0.307. The minimum absolute atomic E-state index is 0.572. The molecule has 0 bridgehead atoms. The van der Waals surface area contributed by atoms with Crippen molar-refractivity contribution in [2.45, 2.75) is 45.4 Å². The molecule has 1 saturated heterocycles. The fourth-order valence-corrected chi connectivity index (χ4v) is 3.54. The van der Waals surface area contributed by atoms with Gasteiger partial charge in [0.25, 0.3) is 0 Å². The first kappa shape index (κ1) is 13.3. The lowest BCUT2D eigenvalue weighted by Gasteiger charge is -2.40. The molecule has 0 saturated carbocycles. The van der Waals surface area contributed by atoms with E-state index in [1.807, 2.05) is 6.92 Å². The van der Waals surface area contributed by atoms with E-state index in [-0.39, 0.29) is 0 Å². The lowest BCUT2D eigenvalue weighted by molar-refractivity contribution is -0.149. The van der Waals surface area contributed by atoms with Crippen LogP contribution in [0.2, 0.25) is 0 Å². The van der Waals surface area contributed by atoms with Crippen LogP contribution in [-0.4, -0.2) is 34.1 Å². The van der Waals surface area contributed by atoms with Gasteiger partial charge in [-0.2, -0.15) is 0 Å². The third kappa shape index (κ3) is 2.05. The predicted molar refractivity (Wildman–Crippen MR) is 75.9 cm³/mol. The van der Waals surface area contributed by atoms with Crippen LogP contribution in [0.15, 0.2) is 6.33 Å². The summed E-state index contributed by atoms with van der Waals surface area (Å²) in [4.78, 5) is 22.6. The Morgan fingerprint density at radius 3 is 3.00 bits per heavy atom. The molecule has 1 aromatic rings. The summed E-state index contributed by atoms with van der Waals surface area (Å²) in [5, 5.41) is 9.59. The quantitative estimate of drug-likeness (QED) is 0.914. The molecular weight excluding hydrogens is 254 g/mol. The van der Waals surface area contributed by atoms with E-state index in [4.69, 9.17) is 0 Å². The first-order valence-electron chi connectivity index (χ1n) is 7.47. The van der Waals surface area contributed by atoms with Gasteiger partial charge in [-0.3, -0.25) is 4.79 Å². The highest BCUT2D eigenvalue weighted by atomic mass is 16.4. The SMILES string of the molecule is CCC1(C(=O)O)CCCN(c2ncnc3c2CCC3)C1. The molecule has 0 aromatic carbocycles. The number of aliphatic carboxylic acids is 1. The highest BCUT2D eigenvalue weighted by Crippen LogP contribution is 2.37. The van der Waals surface area contributed by atoms with Crippen LogP contribution in [0, 0.1) is 5.41 Å². The van der Waals surface area contributed by atoms with Gasteiger partial charge in [0.05, 0.1) is 5.41 Å². The van der Waals surface area contributed by atoms with Gasteiger partial charge in [-0.1, -0.05) is 6.92 Å². The van der Waals surface area contributed by atoms with Gasteiger partial charge in [0, 0.05) is 24.3 Å². The highest BCUT2D eigenvalue weighted by molar-refractivity contribution is 5.76. The summed E-state index contributed by atoms with van der Waals surface area (Å²) in [5.41, 5.74) is 1.78. The summed E-state index contributed by atoms with van der Waals surface area (Å²) in [7, 11) is 0. The normalized spacial score (nSPS) is 25.6. The zero-order valence-electron chi connectivity index (χ0n) is 11.9. The number of carbonyl (C=O) groups is 1. The van der Waals surface area contributed by atoms with E-state index in [0.717, 1.165) is 50.2 Å². The topological polar surface area (TPSA) is 66.3 Å². The monoisotopic (exact) mass is 275 g/mol. The molecule has 1 aliphatic carbocycles. The molecule has 2 aliphatic rings. The van der Waals surface area contributed by atoms with Crippen molar-refractivity contribution in [1.82, 2.24) is 9.97 Å². The molecule has 3 rings (SSSR count). The van der Waals surface area contributed by atoms with E-state index < -0.39 is 11.4 Å². The molecule has 1 N–H and O–H groups in total. The average molecular weight is 275 g/mol. The molecule has 108 valence electrons. The standard InChI is InChI=1S/C15H21N3O2/c1-2-15(14(19)20)7-4-8-18(9-15)13-11-5-3-6-12(11)16-10-17-13/h10H,2-9H2,1H3,(H,19,20). The Bertz CT molecular complexity index is 532. The van der Waals surface area contributed by atoms with Crippen LogP contribution < -0.4 is 4.90 Å². The number of hydrogen-bond acceptors (Lipinski definition) is 4. The summed E-state index contributed by atoms with van der Waals surface area (Å²) >= 11 is 0. The number of nitrogens with zero attached hydrogens (tertiary/aromatic N) is 3. The molecule has 0 spiro atoms. The molecule has 1 atom stereocenters. The van der Waals surface area contributed by atoms with Gasteiger partial charge in [0.1, 0.15) is 12.1 Å². The second-order valence-corrected chi connectivity index (χ2v) is 5.94. The summed E-state index contributed by atoms with van der Waals surface area (Å²) in [6, 6.07) is 0. The van der Waals surface area contributed by atoms with E-state index in [1.165, 1.54) is 5.56 Å². The van der Waals surface area contributed by atoms with Gasteiger partial charge in [0.15, 0.2) is 0 Å². The molecule has 1 aliphatic heterocycles. The second kappa shape index (κ2) is 5.04. The van der Waals surface area contributed by atoms with E-state index >= 15 is 0 Å². The van der Waals surface area contributed by atoms with Gasteiger partial charge in [-0.25, -0.2) is 9.97 Å². The van der Waals surface area contributed by atoms with Crippen molar-refractivity contribution in [2.24, 2.45) is 5.41 Å². The van der Waals surface area contributed by atoms with Gasteiger partial charge in [-0.05, 0) is 38.5 Å². The third-order valence-corrected chi connectivity index (χ3v) is 4.86. The van der Waals surface area contributed by atoms with Crippen molar-refractivity contribution >= 4 is 11.8 Å². The van der Waals surface area contributed by atoms with Crippen LogP contribution in [0.5, 0.6) is 0 Å². The molecule has 1 unspecified atom stereocenters. The first-order chi connectivity index (χ1) is 9.66. The van der Waals surface area contributed by atoms with Crippen LogP contribution in [0.3, 0.4) is 0 Å². The number of fused-ring (bicyclic) bond motifs is 1. The second-order valence-electron chi connectivity index (χ2n) is 5.94. The van der Waals surface area contributed by atoms with Crippen LogP contribution in [0.4, 0.5) is 5.82 Å². The predicted octanol–water partition coefficient (Wildman–Crippen LogP) is 2.05. The van der Waals surface area contributed by atoms with Gasteiger partial charge < -0.3 is 10.0 Å². The van der Waals surface area contributed by atoms with Crippen molar-refractivity contribution in [3.8, 4) is 0 Å². The zero-order chi connectivity index (χ0) is 14.2. The van der Waals surface area contributed by atoms with E-state index in [9.17, 15) is 9.90 Å². The zero-order valence-corrected chi connectivity index (χ0v) is 11.9. The Morgan fingerprint density at radius 2 is 2.25 bits per heavy atom. The average Bonchev–Trinajstić information content (AvgIpc) is 2.95. The fraction of sp³-hybridized carbons (Fsp3) is 0.667. The molecular formula is C15H21N3O2. The smallest absolute Gasteiger partial charge is 0.311 e. The minimum atomic E-state index is -0.671. The van der Waals surface area contributed by atoms with Crippen LogP contribution in [0.1, 0.15) is 43.9 Å². The van der Waals surface area contributed by atoms with Crippen molar-refractivity contribution in [3.05, 3.63) is 17.6 Å². The van der Waals surface area contributed by atoms with Crippen LogP contribution in [0.25, 0.3) is 0 Å². The molecule has 0 radical (unpaired) electrons. The van der Waals surface area contributed by atoms with E-state index in [0.29, 0.717) is 13.0 Å². The lowest BCUT2D eigenvalue weighted by Crippen LogP contribution is -2.48. The number of anilines is 1. The van der Waals surface area contributed by atoms with E-state index in [1.54, 1.807) is 6.33 Å². The summed E-state index contributed by atoms with van der Waals surface area (Å²) in [6.07, 6.45) is 7.16. The maximum absolute atomic E-state index is 11.7. The van der Waals surface area contributed by atoms with Gasteiger partial charge in [-0.15, -0.1) is 0 Å². The van der Waals surface area contributed by atoms with Gasteiger partial charge in [0.2, 0.25) is 0 Å². The van der Waals surface area contributed by atoms with Crippen molar-refractivity contribution in [1.29, 1.82) is 0 Å².